The Morgan fingerprint density at radius 3 is 2.62 bits per heavy atom. The molecule has 0 saturated carbocycles. The Kier molecular flexibility index (Phi) is 10.3. The van der Waals surface area contributed by atoms with Crippen molar-refractivity contribution in [2.24, 2.45) is 0 Å². The number of amides is 1. The van der Waals surface area contributed by atoms with Crippen molar-refractivity contribution in [3.63, 3.8) is 0 Å². The van der Waals surface area contributed by atoms with Gasteiger partial charge in [0.2, 0.25) is 11.8 Å². The predicted octanol–water partition coefficient (Wildman–Crippen LogP) is 5.91. The van der Waals surface area contributed by atoms with Crippen molar-refractivity contribution >= 4 is 29.1 Å². The maximum atomic E-state index is 11.5. The van der Waals surface area contributed by atoms with E-state index in [9.17, 15) is 9.90 Å². The molecule has 1 amide bonds. The third-order valence-electron chi connectivity index (χ3n) is 8.77. The largest absolute Gasteiger partial charge is 0.496 e. The van der Waals surface area contributed by atoms with E-state index in [1.807, 2.05) is 49.4 Å². The lowest BCUT2D eigenvalue weighted by atomic mass is 9.93. The van der Waals surface area contributed by atoms with Crippen LogP contribution in [0.4, 0.5) is 0 Å². The van der Waals surface area contributed by atoms with E-state index in [-0.39, 0.29) is 11.9 Å². The third-order valence-corrected chi connectivity index (χ3v) is 9.56. The number of rotatable bonds is 11. The molecule has 2 aromatic heterocycles. The van der Waals surface area contributed by atoms with Crippen molar-refractivity contribution in [3.8, 4) is 45.3 Å². The summed E-state index contributed by atoms with van der Waals surface area (Å²) in [4.78, 5) is 23.2. The minimum Gasteiger partial charge on any atom is -0.496 e. The fourth-order valence-corrected chi connectivity index (χ4v) is 7.15. The first-order chi connectivity index (χ1) is 22.7. The van der Waals surface area contributed by atoms with E-state index in [2.05, 4.69) is 26.6 Å². The van der Waals surface area contributed by atoms with Gasteiger partial charge < -0.3 is 25.2 Å². The fourth-order valence-electron chi connectivity index (χ4n) is 6.50. The highest BCUT2D eigenvalue weighted by atomic mass is 35.5. The summed E-state index contributed by atoms with van der Waals surface area (Å²) >= 11 is 14.2. The lowest BCUT2D eigenvalue weighted by molar-refractivity contribution is -0.119. The molecule has 6 rings (SSSR count). The van der Waals surface area contributed by atoms with E-state index >= 15 is 0 Å². The number of benzene rings is 2. The van der Waals surface area contributed by atoms with Gasteiger partial charge in [-0.15, -0.1) is 0 Å². The molecule has 2 unspecified atom stereocenters. The summed E-state index contributed by atoms with van der Waals surface area (Å²) in [6.07, 6.45) is 3.59. The molecule has 0 bridgehead atoms. The topological polar surface area (TPSA) is 109 Å². The number of hydrogen-bond acceptors (Lipinski definition) is 8. The average Bonchev–Trinajstić information content (AvgIpc) is 3.49. The van der Waals surface area contributed by atoms with Crippen LogP contribution in [0.2, 0.25) is 10.0 Å². The fraction of sp³-hybridized carbons (Fsp3) is 0.361. The van der Waals surface area contributed by atoms with Crippen molar-refractivity contribution in [2.75, 3.05) is 33.9 Å². The van der Waals surface area contributed by atoms with E-state index < -0.39 is 6.10 Å². The molecule has 11 heteroatoms. The second-order valence-electron chi connectivity index (χ2n) is 12.1. The van der Waals surface area contributed by atoms with E-state index in [0.29, 0.717) is 59.9 Å². The molecule has 1 saturated heterocycles. The van der Waals surface area contributed by atoms with Gasteiger partial charge in [0.25, 0.3) is 0 Å². The zero-order valence-electron chi connectivity index (χ0n) is 26.8. The number of aromatic nitrogens is 2. The van der Waals surface area contributed by atoms with Gasteiger partial charge in [0, 0.05) is 79.2 Å². The second-order valence-corrected chi connectivity index (χ2v) is 12.9. The van der Waals surface area contributed by atoms with Crippen LogP contribution in [0.3, 0.4) is 0 Å². The van der Waals surface area contributed by atoms with Gasteiger partial charge in [0.05, 0.1) is 41.8 Å². The summed E-state index contributed by atoms with van der Waals surface area (Å²) in [5.41, 5.74) is 7.64. The molecule has 0 aliphatic carbocycles. The van der Waals surface area contributed by atoms with Crippen molar-refractivity contribution in [2.45, 2.75) is 51.4 Å². The first-order valence-corrected chi connectivity index (χ1v) is 16.6. The van der Waals surface area contributed by atoms with Crippen molar-refractivity contribution in [1.82, 2.24) is 25.5 Å². The summed E-state index contributed by atoms with van der Waals surface area (Å²) in [6, 6.07) is 15.8. The third kappa shape index (κ3) is 7.24. The quantitative estimate of drug-likeness (QED) is 0.180. The number of nitrogens with zero attached hydrogens (tertiary/aromatic N) is 3. The van der Waals surface area contributed by atoms with Gasteiger partial charge in [-0.3, -0.25) is 14.7 Å². The molecular formula is C36H39Cl2N5O4. The Labute approximate surface area is 285 Å². The number of aliphatic hydroxyl groups excluding tert-OH is 1. The molecule has 4 heterocycles. The van der Waals surface area contributed by atoms with E-state index in [0.717, 1.165) is 58.5 Å². The molecule has 9 nitrogen and oxygen atoms in total. The summed E-state index contributed by atoms with van der Waals surface area (Å²) in [5.74, 6) is 1.41. The maximum absolute atomic E-state index is 11.5. The van der Waals surface area contributed by atoms with Gasteiger partial charge in [-0.05, 0) is 55.2 Å². The smallest absolute Gasteiger partial charge is 0.220 e. The lowest BCUT2D eigenvalue weighted by Crippen LogP contribution is -2.35. The van der Waals surface area contributed by atoms with Crippen LogP contribution in [0.25, 0.3) is 33.6 Å². The Hall–Kier alpha value is -3.73. The number of hydrogen-bond donors (Lipinski definition) is 3. The van der Waals surface area contributed by atoms with Gasteiger partial charge in [-0.1, -0.05) is 47.5 Å². The van der Waals surface area contributed by atoms with Crippen molar-refractivity contribution in [1.29, 1.82) is 0 Å². The molecule has 0 spiro atoms. The summed E-state index contributed by atoms with van der Waals surface area (Å²) < 4.78 is 11.5. The molecule has 2 aliphatic heterocycles. The van der Waals surface area contributed by atoms with Crippen LogP contribution >= 0.6 is 23.2 Å². The summed E-state index contributed by atoms with van der Waals surface area (Å²) in [7, 11) is 3.28. The molecule has 4 aromatic rings. The average molecular weight is 677 g/mol. The SMILES string of the molecule is COc1cc(-c2nccc(-c3cccc(-c4ccc(CNCC5CCC(=O)N5)c(OC)n4)c3Cl)c2Cl)cc2c1CCN(CC(C)O)C2. The number of halogens is 2. The Morgan fingerprint density at radius 2 is 1.87 bits per heavy atom. The molecule has 1 fully saturated rings. The Morgan fingerprint density at radius 1 is 1.06 bits per heavy atom. The normalized spacial score (nSPS) is 16.9. The lowest BCUT2D eigenvalue weighted by Gasteiger charge is -2.31. The number of fused-ring (bicyclic) bond motifs is 1. The molecule has 47 heavy (non-hydrogen) atoms. The van der Waals surface area contributed by atoms with Gasteiger partial charge in [-0.25, -0.2) is 4.98 Å². The maximum Gasteiger partial charge on any atom is 0.220 e. The predicted molar refractivity (Wildman–Crippen MR) is 185 cm³/mol. The molecule has 246 valence electrons. The van der Waals surface area contributed by atoms with E-state index in [1.165, 1.54) is 5.56 Å². The molecule has 2 aromatic carbocycles. The van der Waals surface area contributed by atoms with Crippen LogP contribution in [0, 0.1) is 0 Å². The summed E-state index contributed by atoms with van der Waals surface area (Å²) in [6.45, 7) is 5.22. The highest BCUT2D eigenvalue weighted by Crippen LogP contribution is 2.43. The number of methoxy groups -OCH3 is 2. The number of ether oxygens (including phenoxy) is 2. The van der Waals surface area contributed by atoms with Crippen LogP contribution in [-0.4, -0.2) is 71.9 Å². The van der Waals surface area contributed by atoms with Crippen LogP contribution in [-0.2, 0) is 24.3 Å². The molecule has 2 aliphatic rings. The number of pyridine rings is 2. The monoisotopic (exact) mass is 675 g/mol. The van der Waals surface area contributed by atoms with E-state index in [1.54, 1.807) is 20.4 Å². The van der Waals surface area contributed by atoms with Gasteiger partial charge in [0.1, 0.15) is 5.75 Å². The van der Waals surface area contributed by atoms with Crippen molar-refractivity contribution in [3.05, 3.63) is 81.5 Å². The van der Waals surface area contributed by atoms with Crippen LogP contribution in [0.15, 0.2) is 54.7 Å². The minimum atomic E-state index is -0.403. The molecule has 0 radical (unpaired) electrons. The zero-order valence-corrected chi connectivity index (χ0v) is 28.3. The highest BCUT2D eigenvalue weighted by molar-refractivity contribution is 6.39. The molecule has 3 N–H and O–H groups in total. The zero-order chi connectivity index (χ0) is 33.1. The summed E-state index contributed by atoms with van der Waals surface area (Å²) in [5, 5.41) is 17.3. The number of nitrogens with one attached hydrogen (secondary N) is 2. The van der Waals surface area contributed by atoms with Gasteiger partial charge in [-0.2, -0.15) is 0 Å². The standard InChI is InChI=1S/C36H39Cl2N5O4/c1-21(44)19-43-14-12-26-24(20-43)15-23(16-31(26)46-2)35-34(38)28(11-13-40-35)27-5-4-6-29(33(27)37)30-9-7-22(36(42-30)47-3)17-39-18-25-8-10-32(45)41-25/h4-7,9,11,13,15-16,21,25,39,44H,8,10,12,14,17-20H2,1-3H3,(H,41,45). The van der Waals surface area contributed by atoms with Crippen LogP contribution in [0.5, 0.6) is 11.6 Å². The number of carbonyl (C=O) groups is 1. The van der Waals surface area contributed by atoms with Gasteiger partial charge >= 0.3 is 0 Å². The number of aliphatic hydroxyl groups is 1. The van der Waals surface area contributed by atoms with Crippen molar-refractivity contribution < 1.29 is 19.4 Å². The van der Waals surface area contributed by atoms with E-state index in [4.69, 9.17) is 37.7 Å². The highest BCUT2D eigenvalue weighted by Gasteiger charge is 2.24. The molecular weight excluding hydrogens is 637 g/mol. The number of β-amino-alcohol motifs (C(OH)–C–C–N with tert-alkyl or cyclic N) is 1. The van der Waals surface area contributed by atoms with Gasteiger partial charge in [0.15, 0.2) is 0 Å². The Balaban J connectivity index is 1.28. The second kappa shape index (κ2) is 14.6. The first kappa shape index (κ1) is 33.2. The first-order valence-electron chi connectivity index (χ1n) is 15.8. The van der Waals surface area contributed by atoms with Crippen LogP contribution in [0.1, 0.15) is 36.5 Å². The minimum absolute atomic E-state index is 0.101. The van der Waals surface area contributed by atoms with Crippen LogP contribution < -0.4 is 20.1 Å². The number of carbonyl (C=O) groups excluding carboxylic acids is 1. The Bertz CT molecular complexity index is 1780. The molecule has 2 atom stereocenters.